The normalized spacial score (nSPS) is 12.3. The summed E-state index contributed by atoms with van der Waals surface area (Å²) in [5.74, 6) is 0.461. The van der Waals surface area contributed by atoms with Crippen molar-refractivity contribution in [3.05, 3.63) is 78.4 Å². The van der Waals surface area contributed by atoms with Gasteiger partial charge in [-0.25, -0.2) is 0 Å². The first kappa shape index (κ1) is 20.7. The summed E-state index contributed by atoms with van der Waals surface area (Å²) in [6.07, 6.45) is 20.5. The van der Waals surface area contributed by atoms with Gasteiger partial charge in [0.2, 0.25) is 5.91 Å². The van der Waals surface area contributed by atoms with Gasteiger partial charge in [-0.1, -0.05) is 86.7 Å². The summed E-state index contributed by atoms with van der Waals surface area (Å²) in [7, 11) is 0. The van der Waals surface area contributed by atoms with Crippen molar-refractivity contribution >= 4 is 12.0 Å². The highest BCUT2D eigenvalue weighted by molar-refractivity contribution is 5.87. The molecule has 2 heteroatoms. The Morgan fingerprint density at radius 3 is 2.24 bits per heavy atom. The van der Waals surface area contributed by atoms with Crippen LogP contribution in [0.25, 0.3) is 6.08 Å². The Balaban J connectivity index is 2.03. The van der Waals surface area contributed by atoms with Crippen molar-refractivity contribution in [2.75, 3.05) is 6.54 Å². The second-order valence-electron chi connectivity index (χ2n) is 6.41. The highest BCUT2D eigenvalue weighted by Crippen LogP contribution is 2.04. The van der Waals surface area contributed by atoms with Crippen molar-refractivity contribution < 1.29 is 4.79 Å². The number of carbonyl (C=O) groups is 1. The van der Waals surface area contributed by atoms with Gasteiger partial charge in [0.05, 0.1) is 0 Å². The fourth-order valence-electron chi connectivity index (χ4n) is 2.11. The molecule has 0 aliphatic rings. The molecule has 1 N–H and O–H groups in total. The van der Waals surface area contributed by atoms with Crippen LogP contribution in [0, 0.1) is 5.92 Å². The highest BCUT2D eigenvalue weighted by Gasteiger charge is 1.95. The number of benzene rings is 1. The third-order valence-electron chi connectivity index (χ3n) is 3.51. The average Bonchev–Trinajstić information content (AvgIpc) is 2.61. The van der Waals surface area contributed by atoms with Crippen LogP contribution in [0.15, 0.2) is 72.9 Å². The molecule has 0 heterocycles. The molecular weight excluding hydrogens is 306 g/mol. The fourth-order valence-corrected chi connectivity index (χ4v) is 2.11. The molecule has 0 saturated heterocycles. The van der Waals surface area contributed by atoms with Gasteiger partial charge >= 0.3 is 0 Å². The molecule has 0 radical (unpaired) electrons. The van der Waals surface area contributed by atoms with Crippen LogP contribution < -0.4 is 5.32 Å². The van der Waals surface area contributed by atoms with E-state index in [9.17, 15) is 4.79 Å². The van der Waals surface area contributed by atoms with Gasteiger partial charge in [0, 0.05) is 12.6 Å². The monoisotopic (exact) mass is 337 g/mol. The Morgan fingerprint density at radius 2 is 1.60 bits per heavy atom. The van der Waals surface area contributed by atoms with E-state index < -0.39 is 0 Å². The van der Waals surface area contributed by atoms with Gasteiger partial charge in [-0.2, -0.15) is 0 Å². The topological polar surface area (TPSA) is 29.1 Å². The summed E-state index contributed by atoms with van der Waals surface area (Å²) in [4.78, 5) is 11.5. The third-order valence-corrected chi connectivity index (χ3v) is 3.51. The van der Waals surface area contributed by atoms with Gasteiger partial charge in [-0.15, -0.1) is 0 Å². The van der Waals surface area contributed by atoms with E-state index >= 15 is 0 Å². The highest BCUT2D eigenvalue weighted by atomic mass is 16.1. The summed E-state index contributed by atoms with van der Waals surface area (Å²) in [5, 5.41) is 2.86. The number of carbonyl (C=O) groups excluding carboxylic acids is 1. The first-order chi connectivity index (χ1) is 12.2. The predicted octanol–water partition coefficient (Wildman–Crippen LogP) is 5.70. The van der Waals surface area contributed by atoms with Crippen molar-refractivity contribution in [2.24, 2.45) is 5.92 Å². The van der Waals surface area contributed by atoms with Crippen LogP contribution in [0.1, 0.15) is 45.1 Å². The second kappa shape index (κ2) is 14.0. The van der Waals surface area contributed by atoms with Crippen LogP contribution >= 0.6 is 0 Å². The van der Waals surface area contributed by atoms with Crippen molar-refractivity contribution in [1.82, 2.24) is 5.32 Å². The Hall–Kier alpha value is -2.35. The fraction of sp³-hybridized carbons (Fsp3) is 0.348. The largest absolute Gasteiger partial charge is 0.352 e. The Kier molecular flexibility index (Phi) is 11.6. The number of nitrogens with one attached hydrogen (secondary N) is 1. The van der Waals surface area contributed by atoms with Crippen LogP contribution in [-0.4, -0.2) is 12.5 Å². The Labute approximate surface area is 153 Å². The summed E-state index contributed by atoms with van der Waals surface area (Å²) < 4.78 is 0. The number of allylic oxidation sites excluding steroid dienone is 6. The molecule has 0 aromatic heterocycles. The van der Waals surface area contributed by atoms with Gasteiger partial charge in [-0.3, -0.25) is 4.79 Å². The summed E-state index contributed by atoms with van der Waals surface area (Å²) in [6, 6.07) is 10.3. The van der Waals surface area contributed by atoms with E-state index in [1.807, 2.05) is 30.4 Å². The molecule has 25 heavy (non-hydrogen) atoms. The molecule has 0 aliphatic carbocycles. The molecule has 1 aromatic carbocycles. The lowest BCUT2D eigenvalue weighted by molar-refractivity contribution is -0.116. The predicted molar refractivity (Wildman–Crippen MR) is 109 cm³/mol. The van der Waals surface area contributed by atoms with Crippen LogP contribution in [0.4, 0.5) is 0 Å². The second-order valence-corrected chi connectivity index (χ2v) is 6.41. The first-order valence-electron chi connectivity index (χ1n) is 9.18. The number of amides is 1. The molecule has 0 unspecified atom stereocenters. The quantitative estimate of drug-likeness (QED) is 0.313. The number of unbranched alkanes of at least 4 members (excludes halogenated alkanes) is 3. The molecule has 0 spiro atoms. The SMILES string of the molecule is CC(C)CNC(=O)/C=C/C=C/CCCC/C=C\C=C\c1ccccc1. The minimum absolute atomic E-state index is 0.0213. The lowest BCUT2D eigenvalue weighted by Crippen LogP contribution is -2.25. The maximum Gasteiger partial charge on any atom is 0.243 e. The van der Waals surface area contributed by atoms with Gasteiger partial charge in [0.1, 0.15) is 0 Å². The standard InChI is InChI=1S/C23H31NO/c1-21(2)20-24-23(25)19-15-10-8-6-4-3-5-7-9-12-16-22-17-13-11-14-18-22/h7-19,21H,3-6,20H2,1-2H3,(H,24,25)/b9-7-,10-8+,16-12+,19-15+. The Morgan fingerprint density at radius 1 is 0.960 bits per heavy atom. The smallest absolute Gasteiger partial charge is 0.243 e. The number of hydrogen-bond acceptors (Lipinski definition) is 1. The molecule has 0 bridgehead atoms. The zero-order valence-electron chi connectivity index (χ0n) is 15.5. The van der Waals surface area contributed by atoms with E-state index in [0.717, 1.165) is 25.8 Å². The lowest BCUT2D eigenvalue weighted by Gasteiger charge is -2.03. The molecule has 0 saturated carbocycles. The molecule has 134 valence electrons. The molecule has 1 rings (SSSR count). The van der Waals surface area contributed by atoms with E-state index in [-0.39, 0.29) is 5.91 Å². The minimum atomic E-state index is -0.0213. The zero-order valence-corrected chi connectivity index (χ0v) is 15.5. The van der Waals surface area contributed by atoms with Crippen LogP contribution in [0.5, 0.6) is 0 Å². The van der Waals surface area contributed by atoms with Gasteiger partial charge in [0.15, 0.2) is 0 Å². The van der Waals surface area contributed by atoms with Crippen molar-refractivity contribution in [2.45, 2.75) is 39.5 Å². The van der Waals surface area contributed by atoms with E-state index in [4.69, 9.17) is 0 Å². The molecule has 0 aliphatic heterocycles. The average molecular weight is 338 g/mol. The number of hydrogen-bond donors (Lipinski definition) is 1. The van der Waals surface area contributed by atoms with E-state index in [1.54, 1.807) is 6.08 Å². The Bertz CT molecular complexity index is 579. The number of rotatable bonds is 11. The molecule has 1 aromatic rings. The molecular formula is C23H31NO. The van der Waals surface area contributed by atoms with Crippen LogP contribution in [-0.2, 0) is 4.79 Å². The van der Waals surface area contributed by atoms with Crippen molar-refractivity contribution in [3.8, 4) is 0 Å². The molecule has 2 nitrogen and oxygen atoms in total. The van der Waals surface area contributed by atoms with Crippen molar-refractivity contribution in [1.29, 1.82) is 0 Å². The molecule has 1 amide bonds. The maximum atomic E-state index is 11.5. The third kappa shape index (κ3) is 12.7. The van der Waals surface area contributed by atoms with Gasteiger partial charge in [0.25, 0.3) is 0 Å². The van der Waals surface area contributed by atoms with Crippen LogP contribution in [0.3, 0.4) is 0 Å². The molecule has 0 atom stereocenters. The summed E-state index contributed by atoms with van der Waals surface area (Å²) >= 11 is 0. The lowest BCUT2D eigenvalue weighted by atomic mass is 10.1. The van der Waals surface area contributed by atoms with E-state index in [1.165, 1.54) is 12.0 Å². The summed E-state index contributed by atoms with van der Waals surface area (Å²) in [5.41, 5.74) is 1.23. The van der Waals surface area contributed by atoms with Crippen LogP contribution in [0.2, 0.25) is 0 Å². The van der Waals surface area contributed by atoms with E-state index in [2.05, 4.69) is 61.7 Å². The molecule has 0 fully saturated rings. The minimum Gasteiger partial charge on any atom is -0.352 e. The first-order valence-corrected chi connectivity index (χ1v) is 9.18. The van der Waals surface area contributed by atoms with E-state index in [0.29, 0.717) is 5.92 Å². The van der Waals surface area contributed by atoms with Gasteiger partial charge in [-0.05, 0) is 37.2 Å². The summed E-state index contributed by atoms with van der Waals surface area (Å²) in [6.45, 7) is 4.89. The maximum absolute atomic E-state index is 11.5. The van der Waals surface area contributed by atoms with Gasteiger partial charge < -0.3 is 5.32 Å². The zero-order chi connectivity index (χ0) is 18.2. The van der Waals surface area contributed by atoms with Crippen molar-refractivity contribution in [3.63, 3.8) is 0 Å².